The molecule has 174 valence electrons. The molecule has 3 amide bonds. The summed E-state index contributed by atoms with van der Waals surface area (Å²) in [7, 11) is 0. The highest BCUT2D eigenvalue weighted by molar-refractivity contribution is 6.05. The monoisotopic (exact) mass is 459 g/mol. The van der Waals surface area contributed by atoms with Crippen LogP contribution < -0.4 is 25.4 Å². The van der Waals surface area contributed by atoms with E-state index in [2.05, 4.69) is 16.0 Å². The number of hydrogen-bond donors (Lipinski definition) is 3. The SMILES string of the molecule is CCNC(=O)COc1cccc(NC(=O)c2cccc(NC(=O)C3Cc4ccccc4O3)c2)c1. The average molecular weight is 460 g/mol. The third-order valence-electron chi connectivity index (χ3n) is 5.17. The maximum absolute atomic E-state index is 12.8. The number of ether oxygens (including phenoxy) is 2. The van der Waals surface area contributed by atoms with Crippen molar-refractivity contribution in [2.45, 2.75) is 19.4 Å². The molecule has 0 saturated carbocycles. The molecular weight excluding hydrogens is 434 g/mol. The van der Waals surface area contributed by atoms with Gasteiger partial charge in [-0.25, -0.2) is 0 Å². The van der Waals surface area contributed by atoms with E-state index in [1.807, 2.05) is 31.2 Å². The number of likely N-dealkylation sites (N-methyl/N-ethyl adjacent to an activating group) is 1. The topological polar surface area (TPSA) is 106 Å². The Morgan fingerprint density at radius 1 is 0.941 bits per heavy atom. The molecule has 1 unspecified atom stereocenters. The molecular formula is C26H25N3O5. The standard InChI is InChI=1S/C26H25N3O5/c1-2-27-24(30)16-33-21-11-6-10-20(15-21)28-25(31)18-8-5-9-19(13-18)29-26(32)23-14-17-7-3-4-12-22(17)34-23/h3-13,15,23H,2,14,16H2,1H3,(H,27,30)(H,28,31)(H,29,32). The quantitative estimate of drug-likeness (QED) is 0.479. The highest BCUT2D eigenvalue weighted by Crippen LogP contribution is 2.28. The van der Waals surface area contributed by atoms with Crippen LogP contribution in [0.4, 0.5) is 11.4 Å². The van der Waals surface area contributed by atoms with Gasteiger partial charge < -0.3 is 25.4 Å². The fourth-order valence-corrected chi connectivity index (χ4v) is 3.55. The Balaban J connectivity index is 1.35. The molecule has 1 aliphatic heterocycles. The Morgan fingerprint density at radius 2 is 1.71 bits per heavy atom. The lowest BCUT2D eigenvalue weighted by Crippen LogP contribution is -2.31. The second-order valence-corrected chi connectivity index (χ2v) is 7.71. The zero-order valence-corrected chi connectivity index (χ0v) is 18.7. The minimum absolute atomic E-state index is 0.108. The van der Waals surface area contributed by atoms with Crippen molar-refractivity contribution in [2.75, 3.05) is 23.8 Å². The van der Waals surface area contributed by atoms with Gasteiger partial charge in [-0.05, 0) is 48.9 Å². The van der Waals surface area contributed by atoms with E-state index in [9.17, 15) is 14.4 Å². The molecule has 8 heteroatoms. The molecule has 3 aromatic rings. The van der Waals surface area contributed by atoms with Gasteiger partial charge in [-0.3, -0.25) is 14.4 Å². The third kappa shape index (κ3) is 5.72. The summed E-state index contributed by atoms with van der Waals surface area (Å²) < 4.78 is 11.2. The molecule has 0 aliphatic carbocycles. The van der Waals surface area contributed by atoms with Crippen molar-refractivity contribution in [2.24, 2.45) is 0 Å². The highest BCUT2D eigenvalue weighted by Gasteiger charge is 2.28. The van der Waals surface area contributed by atoms with Crippen molar-refractivity contribution in [3.05, 3.63) is 83.9 Å². The molecule has 0 bridgehead atoms. The number of fused-ring (bicyclic) bond motifs is 1. The Labute approximate surface area is 197 Å². The summed E-state index contributed by atoms with van der Waals surface area (Å²) in [4.78, 5) is 37.0. The van der Waals surface area contributed by atoms with Crippen LogP contribution in [0.1, 0.15) is 22.8 Å². The summed E-state index contributed by atoms with van der Waals surface area (Å²) in [5, 5.41) is 8.28. The first-order valence-electron chi connectivity index (χ1n) is 11.0. The molecule has 34 heavy (non-hydrogen) atoms. The van der Waals surface area contributed by atoms with Gasteiger partial charge in [-0.15, -0.1) is 0 Å². The molecule has 0 saturated heterocycles. The van der Waals surface area contributed by atoms with Crippen LogP contribution in [0.5, 0.6) is 11.5 Å². The van der Waals surface area contributed by atoms with Crippen LogP contribution in [0, 0.1) is 0 Å². The molecule has 0 spiro atoms. The predicted octanol–water partition coefficient (Wildman–Crippen LogP) is 3.40. The van der Waals surface area contributed by atoms with E-state index < -0.39 is 6.10 Å². The molecule has 3 aromatic carbocycles. The largest absolute Gasteiger partial charge is 0.484 e. The lowest BCUT2D eigenvalue weighted by molar-refractivity contribution is -0.123. The summed E-state index contributed by atoms with van der Waals surface area (Å²) in [6, 6.07) is 21.0. The summed E-state index contributed by atoms with van der Waals surface area (Å²) in [5.74, 6) is 0.338. The van der Waals surface area contributed by atoms with Crippen molar-refractivity contribution in [3.8, 4) is 11.5 Å². The molecule has 1 atom stereocenters. The highest BCUT2D eigenvalue weighted by atomic mass is 16.5. The van der Waals surface area contributed by atoms with Crippen molar-refractivity contribution < 1.29 is 23.9 Å². The van der Waals surface area contributed by atoms with Crippen LogP contribution in [-0.2, 0) is 16.0 Å². The summed E-state index contributed by atoms with van der Waals surface area (Å²) in [6.45, 7) is 2.25. The zero-order valence-electron chi connectivity index (χ0n) is 18.7. The van der Waals surface area contributed by atoms with E-state index in [4.69, 9.17) is 9.47 Å². The van der Waals surface area contributed by atoms with Gasteiger partial charge in [-0.2, -0.15) is 0 Å². The van der Waals surface area contributed by atoms with E-state index in [-0.39, 0.29) is 24.3 Å². The molecule has 0 aromatic heterocycles. The van der Waals surface area contributed by atoms with E-state index in [0.29, 0.717) is 41.4 Å². The van der Waals surface area contributed by atoms with Crippen LogP contribution in [0.3, 0.4) is 0 Å². The maximum Gasteiger partial charge on any atom is 0.265 e. The first kappa shape index (κ1) is 22.8. The number of nitrogens with one attached hydrogen (secondary N) is 3. The van der Waals surface area contributed by atoms with Gasteiger partial charge in [0, 0.05) is 36.0 Å². The van der Waals surface area contributed by atoms with Gasteiger partial charge in [0.05, 0.1) is 0 Å². The summed E-state index contributed by atoms with van der Waals surface area (Å²) >= 11 is 0. The number of benzene rings is 3. The lowest BCUT2D eigenvalue weighted by Gasteiger charge is -2.12. The normalized spacial score (nSPS) is 13.9. The number of carbonyl (C=O) groups excluding carboxylic acids is 3. The minimum atomic E-state index is -0.614. The van der Waals surface area contributed by atoms with Gasteiger partial charge in [0.25, 0.3) is 17.7 Å². The Kier molecular flexibility index (Phi) is 7.07. The maximum atomic E-state index is 12.8. The number of rotatable bonds is 8. The van der Waals surface area contributed by atoms with Gasteiger partial charge in [-0.1, -0.05) is 30.3 Å². The second kappa shape index (κ2) is 10.5. The Hall–Kier alpha value is -4.33. The number of hydrogen-bond acceptors (Lipinski definition) is 5. The fourth-order valence-electron chi connectivity index (χ4n) is 3.55. The Morgan fingerprint density at radius 3 is 2.50 bits per heavy atom. The van der Waals surface area contributed by atoms with Gasteiger partial charge in [0.1, 0.15) is 11.5 Å². The van der Waals surface area contributed by atoms with E-state index in [0.717, 1.165) is 5.56 Å². The van der Waals surface area contributed by atoms with E-state index in [1.165, 1.54) is 0 Å². The smallest absolute Gasteiger partial charge is 0.265 e. The van der Waals surface area contributed by atoms with Crippen LogP contribution >= 0.6 is 0 Å². The summed E-state index contributed by atoms with van der Waals surface area (Å²) in [6.07, 6.45) is -0.113. The number of amides is 3. The van der Waals surface area contributed by atoms with Crippen molar-refractivity contribution in [1.82, 2.24) is 5.32 Å². The number of carbonyl (C=O) groups is 3. The zero-order chi connectivity index (χ0) is 23.9. The number of anilines is 2. The molecule has 1 aliphatic rings. The van der Waals surface area contributed by atoms with Crippen LogP contribution in [0.15, 0.2) is 72.8 Å². The van der Waals surface area contributed by atoms with Crippen LogP contribution in [0.25, 0.3) is 0 Å². The van der Waals surface area contributed by atoms with Gasteiger partial charge >= 0.3 is 0 Å². The van der Waals surface area contributed by atoms with Crippen molar-refractivity contribution in [1.29, 1.82) is 0 Å². The average Bonchev–Trinajstić information content (AvgIpc) is 3.28. The van der Waals surface area contributed by atoms with Gasteiger partial charge in [0.2, 0.25) is 0 Å². The first-order chi connectivity index (χ1) is 16.5. The van der Waals surface area contributed by atoms with Crippen LogP contribution in [-0.4, -0.2) is 37.0 Å². The Bertz CT molecular complexity index is 1190. The summed E-state index contributed by atoms with van der Waals surface area (Å²) in [5.41, 5.74) is 2.39. The van der Waals surface area contributed by atoms with Crippen LogP contribution in [0.2, 0.25) is 0 Å². The molecule has 8 nitrogen and oxygen atoms in total. The predicted molar refractivity (Wildman–Crippen MR) is 128 cm³/mol. The van der Waals surface area contributed by atoms with Crippen molar-refractivity contribution in [3.63, 3.8) is 0 Å². The number of para-hydroxylation sites is 1. The molecule has 3 N–H and O–H groups in total. The van der Waals surface area contributed by atoms with Crippen molar-refractivity contribution >= 4 is 29.1 Å². The molecule has 4 rings (SSSR count). The molecule has 1 heterocycles. The molecule has 0 fully saturated rings. The lowest BCUT2D eigenvalue weighted by atomic mass is 10.1. The fraction of sp³-hybridized carbons (Fsp3) is 0.192. The van der Waals surface area contributed by atoms with E-state index in [1.54, 1.807) is 48.5 Å². The first-order valence-corrected chi connectivity index (χ1v) is 11.0. The third-order valence-corrected chi connectivity index (χ3v) is 5.17. The molecule has 0 radical (unpaired) electrons. The minimum Gasteiger partial charge on any atom is -0.484 e. The van der Waals surface area contributed by atoms with Gasteiger partial charge in [0.15, 0.2) is 12.7 Å². The second-order valence-electron chi connectivity index (χ2n) is 7.71. The van der Waals surface area contributed by atoms with E-state index >= 15 is 0 Å².